The minimum Gasteiger partial charge on any atom is -0.285 e. The fourth-order valence-corrected chi connectivity index (χ4v) is 2.66. The minimum atomic E-state index is -0.354. The molecule has 1 fully saturated rings. The number of carbonyl (C=O) groups excluding carboxylic acids is 2. The molecule has 1 aromatic rings. The van der Waals surface area contributed by atoms with Gasteiger partial charge < -0.3 is 0 Å². The minimum absolute atomic E-state index is 0.120. The molecular formula is C15H15ClN2O2S. The van der Waals surface area contributed by atoms with E-state index in [1.165, 1.54) is 9.80 Å². The standard InChI is InChI=1S/C15H15ClN2O2S/c1-3-17-13(19)12(14(20)18(4-2)15(17)21)9-10-5-7-11(16)8-6-10/h5-9H,3-4H2,1-2H3. The normalized spacial score (nSPS) is 15.8. The molecule has 1 aliphatic rings. The van der Waals surface area contributed by atoms with E-state index < -0.39 is 0 Å². The highest BCUT2D eigenvalue weighted by Gasteiger charge is 2.37. The van der Waals surface area contributed by atoms with Gasteiger partial charge in [0.25, 0.3) is 11.8 Å². The smallest absolute Gasteiger partial charge is 0.265 e. The number of hydrogen-bond donors (Lipinski definition) is 0. The summed E-state index contributed by atoms with van der Waals surface area (Å²) in [6, 6.07) is 6.95. The number of nitrogens with zero attached hydrogens (tertiary/aromatic N) is 2. The van der Waals surface area contributed by atoms with Crippen LogP contribution in [-0.4, -0.2) is 39.8 Å². The quantitative estimate of drug-likeness (QED) is 0.488. The van der Waals surface area contributed by atoms with Crippen LogP contribution < -0.4 is 0 Å². The number of hydrogen-bond acceptors (Lipinski definition) is 3. The van der Waals surface area contributed by atoms with E-state index in [4.69, 9.17) is 23.8 Å². The molecule has 0 aromatic heterocycles. The van der Waals surface area contributed by atoms with Crippen molar-refractivity contribution in [2.45, 2.75) is 13.8 Å². The van der Waals surface area contributed by atoms with Gasteiger partial charge in [-0.1, -0.05) is 23.7 Å². The Kier molecular flexibility index (Phi) is 4.75. The Morgan fingerprint density at radius 1 is 1.05 bits per heavy atom. The van der Waals surface area contributed by atoms with Crippen LogP contribution in [0.15, 0.2) is 29.8 Å². The first-order valence-electron chi connectivity index (χ1n) is 6.64. The van der Waals surface area contributed by atoms with Crippen molar-refractivity contribution in [2.75, 3.05) is 13.1 Å². The Labute approximate surface area is 134 Å². The number of halogens is 1. The molecule has 0 radical (unpaired) electrons. The largest absolute Gasteiger partial charge is 0.285 e. The molecule has 0 N–H and O–H groups in total. The second-order valence-electron chi connectivity index (χ2n) is 4.49. The third-order valence-corrected chi connectivity index (χ3v) is 3.92. The predicted octanol–water partition coefficient (Wildman–Crippen LogP) is 2.72. The average Bonchev–Trinajstić information content (AvgIpc) is 2.46. The van der Waals surface area contributed by atoms with E-state index in [0.29, 0.717) is 18.1 Å². The molecule has 0 aliphatic carbocycles. The molecule has 21 heavy (non-hydrogen) atoms. The van der Waals surface area contributed by atoms with Crippen LogP contribution in [0.25, 0.3) is 6.08 Å². The van der Waals surface area contributed by atoms with Gasteiger partial charge in [0.1, 0.15) is 5.57 Å². The summed E-state index contributed by atoms with van der Waals surface area (Å²) in [4.78, 5) is 27.7. The van der Waals surface area contributed by atoms with E-state index in [1.54, 1.807) is 30.3 Å². The molecule has 1 heterocycles. The van der Waals surface area contributed by atoms with E-state index >= 15 is 0 Å². The molecule has 0 unspecified atom stereocenters. The van der Waals surface area contributed by atoms with Crippen molar-refractivity contribution < 1.29 is 9.59 Å². The van der Waals surface area contributed by atoms with Gasteiger partial charge in [0.05, 0.1) is 0 Å². The van der Waals surface area contributed by atoms with Crippen LogP contribution in [0, 0.1) is 0 Å². The highest BCUT2D eigenvalue weighted by molar-refractivity contribution is 7.80. The molecular weight excluding hydrogens is 308 g/mol. The van der Waals surface area contributed by atoms with E-state index in [1.807, 2.05) is 13.8 Å². The zero-order valence-corrected chi connectivity index (χ0v) is 13.4. The van der Waals surface area contributed by atoms with E-state index in [-0.39, 0.29) is 22.5 Å². The zero-order chi connectivity index (χ0) is 15.6. The first-order valence-corrected chi connectivity index (χ1v) is 7.43. The van der Waals surface area contributed by atoms with Gasteiger partial charge in [0.15, 0.2) is 5.11 Å². The van der Waals surface area contributed by atoms with Crippen LogP contribution in [0.3, 0.4) is 0 Å². The van der Waals surface area contributed by atoms with Crippen LogP contribution in [0.2, 0.25) is 5.02 Å². The summed E-state index contributed by atoms with van der Waals surface area (Å²) in [7, 11) is 0. The third-order valence-electron chi connectivity index (χ3n) is 3.23. The van der Waals surface area contributed by atoms with Crippen molar-refractivity contribution in [3.8, 4) is 0 Å². The molecule has 6 heteroatoms. The SMILES string of the molecule is CCN1C(=O)C(=Cc2ccc(Cl)cc2)C(=O)N(CC)C1=S. The van der Waals surface area contributed by atoms with E-state index in [9.17, 15) is 9.59 Å². The number of benzene rings is 1. The molecule has 0 bridgehead atoms. The fourth-order valence-electron chi connectivity index (χ4n) is 2.11. The molecule has 1 aromatic carbocycles. The lowest BCUT2D eigenvalue weighted by atomic mass is 10.1. The molecule has 0 saturated carbocycles. The Hall–Kier alpha value is -1.72. The van der Waals surface area contributed by atoms with E-state index in [2.05, 4.69) is 0 Å². The topological polar surface area (TPSA) is 40.6 Å². The van der Waals surface area contributed by atoms with Crippen molar-refractivity contribution >= 4 is 46.8 Å². The zero-order valence-electron chi connectivity index (χ0n) is 11.8. The van der Waals surface area contributed by atoms with Gasteiger partial charge in [0, 0.05) is 18.1 Å². The molecule has 2 rings (SSSR count). The Morgan fingerprint density at radius 3 is 1.95 bits per heavy atom. The number of carbonyl (C=O) groups is 2. The molecule has 1 aliphatic heterocycles. The van der Waals surface area contributed by atoms with Crippen LogP contribution in [-0.2, 0) is 9.59 Å². The molecule has 1 saturated heterocycles. The molecule has 2 amide bonds. The van der Waals surface area contributed by atoms with Gasteiger partial charge in [0.2, 0.25) is 0 Å². The van der Waals surface area contributed by atoms with Crippen molar-refractivity contribution in [1.29, 1.82) is 0 Å². The van der Waals surface area contributed by atoms with Crippen molar-refractivity contribution in [2.24, 2.45) is 0 Å². The van der Waals surface area contributed by atoms with Crippen LogP contribution in [0.4, 0.5) is 0 Å². The molecule has 110 valence electrons. The summed E-state index contributed by atoms with van der Waals surface area (Å²) in [6.07, 6.45) is 1.58. The summed E-state index contributed by atoms with van der Waals surface area (Å²) in [5, 5.41) is 0.869. The monoisotopic (exact) mass is 322 g/mol. The Morgan fingerprint density at radius 2 is 1.52 bits per heavy atom. The van der Waals surface area contributed by atoms with Gasteiger partial charge in [-0.15, -0.1) is 0 Å². The van der Waals surface area contributed by atoms with Gasteiger partial charge in [-0.25, -0.2) is 0 Å². The maximum Gasteiger partial charge on any atom is 0.265 e. The lowest BCUT2D eigenvalue weighted by molar-refractivity contribution is -0.133. The Balaban J connectivity index is 2.44. The second kappa shape index (κ2) is 6.37. The maximum atomic E-state index is 12.4. The molecule has 0 atom stereocenters. The summed E-state index contributed by atoms with van der Waals surface area (Å²) in [6.45, 7) is 4.51. The first kappa shape index (κ1) is 15.7. The highest BCUT2D eigenvalue weighted by Crippen LogP contribution is 2.20. The second-order valence-corrected chi connectivity index (χ2v) is 5.29. The van der Waals surface area contributed by atoms with Crippen molar-refractivity contribution in [3.63, 3.8) is 0 Å². The van der Waals surface area contributed by atoms with Crippen LogP contribution in [0.5, 0.6) is 0 Å². The lowest BCUT2D eigenvalue weighted by Crippen LogP contribution is -2.55. The number of thiocarbonyl (C=S) groups is 1. The highest BCUT2D eigenvalue weighted by atomic mass is 35.5. The number of amides is 2. The lowest BCUT2D eigenvalue weighted by Gasteiger charge is -2.35. The van der Waals surface area contributed by atoms with Crippen LogP contribution in [0.1, 0.15) is 19.4 Å². The first-order chi connectivity index (χ1) is 9.99. The van der Waals surface area contributed by atoms with Crippen molar-refractivity contribution in [3.05, 3.63) is 40.4 Å². The van der Waals surface area contributed by atoms with Gasteiger partial charge in [-0.05, 0) is 49.8 Å². The van der Waals surface area contributed by atoms with Crippen molar-refractivity contribution in [1.82, 2.24) is 9.80 Å². The maximum absolute atomic E-state index is 12.4. The molecule has 0 spiro atoms. The summed E-state index contributed by atoms with van der Waals surface area (Å²) in [5.41, 5.74) is 0.866. The predicted molar refractivity (Wildman–Crippen MR) is 86.8 cm³/mol. The average molecular weight is 323 g/mol. The van der Waals surface area contributed by atoms with E-state index in [0.717, 1.165) is 5.56 Å². The molecule has 4 nitrogen and oxygen atoms in total. The van der Waals surface area contributed by atoms with Gasteiger partial charge >= 0.3 is 0 Å². The fraction of sp³-hybridized carbons (Fsp3) is 0.267. The summed E-state index contributed by atoms with van der Waals surface area (Å²) < 4.78 is 0. The van der Waals surface area contributed by atoms with Gasteiger partial charge in [-0.3, -0.25) is 19.4 Å². The summed E-state index contributed by atoms with van der Waals surface area (Å²) >= 11 is 11.0. The number of likely N-dealkylation sites (N-methyl/N-ethyl adjacent to an activating group) is 2. The summed E-state index contributed by atoms with van der Waals surface area (Å²) in [5.74, 6) is -0.709. The van der Waals surface area contributed by atoms with Crippen LogP contribution >= 0.6 is 23.8 Å². The van der Waals surface area contributed by atoms with Gasteiger partial charge in [-0.2, -0.15) is 0 Å². The number of rotatable bonds is 3. The Bertz CT molecular complexity index is 597. The third kappa shape index (κ3) is 2.99.